The lowest BCUT2D eigenvalue weighted by molar-refractivity contribution is 0.127. The van der Waals surface area contributed by atoms with E-state index < -0.39 is 6.03 Å². The molecule has 0 aliphatic heterocycles. The van der Waals surface area contributed by atoms with Crippen LogP contribution in [0.15, 0.2) is 71.7 Å². The summed E-state index contributed by atoms with van der Waals surface area (Å²) in [6.45, 7) is 6.02. The van der Waals surface area contributed by atoms with Gasteiger partial charge in [0.2, 0.25) is 5.56 Å². The number of para-hydroxylation sites is 1. The summed E-state index contributed by atoms with van der Waals surface area (Å²) in [5, 5.41) is 16.9. The summed E-state index contributed by atoms with van der Waals surface area (Å²) in [6.07, 6.45) is 2.71. The number of carbonyl (C=O) groups excluding carboxylic acids is 1. The molecule has 4 aromatic rings. The fourth-order valence-corrected chi connectivity index (χ4v) is 4.94. The molecule has 8 nitrogen and oxygen atoms in total. The van der Waals surface area contributed by atoms with Crippen LogP contribution in [0.2, 0.25) is 0 Å². The van der Waals surface area contributed by atoms with E-state index in [1.165, 1.54) is 22.3 Å². The van der Waals surface area contributed by atoms with E-state index in [4.69, 9.17) is 5.73 Å². The van der Waals surface area contributed by atoms with Crippen LogP contribution in [-0.4, -0.2) is 31.6 Å². The third-order valence-corrected chi connectivity index (χ3v) is 6.72. The van der Waals surface area contributed by atoms with Crippen LogP contribution in [0.1, 0.15) is 37.0 Å². The minimum atomic E-state index is -0.665. The number of pyridine rings is 1. The standard InChI is InChI=1S/C17H17N5O2.C12H15FO/c1-11-15(12-8-9-14(23)21(2)10-12)20-22(16(11)19-17(18)24)13-6-4-3-5-7-13;1-12(2)7-10(14)6-8-5-9(13)3-4-11(8)12/h3-10H,1-2H3,(H3,18,19,24);3-5,10,14H,6-7H2,1-2H3/t;10-/m.0/s1. The molecular formula is C29H32FN5O3. The molecule has 0 fully saturated rings. The smallest absolute Gasteiger partial charge is 0.317 e. The number of urea groups is 1. The van der Waals surface area contributed by atoms with Gasteiger partial charge in [0.15, 0.2) is 0 Å². The van der Waals surface area contributed by atoms with Crippen molar-refractivity contribution in [3.8, 4) is 16.9 Å². The number of rotatable bonds is 3. The van der Waals surface area contributed by atoms with Crippen molar-refractivity contribution in [2.45, 2.75) is 45.1 Å². The fraction of sp³-hybridized carbons (Fsp3) is 0.276. The van der Waals surface area contributed by atoms with Crippen molar-refractivity contribution in [1.82, 2.24) is 14.3 Å². The minimum absolute atomic E-state index is 0.0410. The van der Waals surface area contributed by atoms with Crippen molar-refractivity contribution >= 4 is 11.8 Å². The number of aromatic nitrogens is 3. The van der Waals surface area contributed by atoms with Crippen molar-refractivity contribution in [1.29, 1.82) is 0 Å². The Balaban J connectivity index is 0.000000204. The number of aliphatic hydroxyl groups is 1. The molecule has 38 heavy (non-hydrogen) atoms. The summed E-state index contributed by atoms with van der Waals surface area (Å²) in [7, 11) is 1.68. The molecule has 0 radical (unpaired) electrons. The Labute approximate surface area is 220 Å². The van der Waals surface area contributed by atoms with Crippen LogP contribution in [0, 0.1) is 12.7 Å². The molecule has 2 aromatic carbocycles. The first-order valence-corrected chi connectivity index (χ1v) is 12.3. The number of primary amides is 1. The number of aliphatic hydroxyl groups excluding tert-OH is 1. The van der Waals surface area contributed by atoms with Gasteiger partial charge in [0.25, 0.3) is 0 Å². The van der Waals surface area contributed by atoms with Crippen LogP contribution >= 0.6 is 0 Å². The maximum Gasteiger partial charge on any atom is 0.317 e. The van der Waals surface area contributed by atoms with Crippen LogP contribution in [-0.2, 0) is 18.9 Å². The van der Waals surface area contributed by atoms with Crippen LogP contribution in [0.25, 0.3) is 16.9 Å². The van der Waals surface area contributed by atoms with E-state index in [-0.39, 0.29) is 22.9 Å². The second kappa shape index (κ2) is 10.6. The summed E-state index contributed by atoms with van der Waals surface area (Å²) < 4.78 is 16.1. The Morgan fingerprint density at radius 2 is 1.87 bits per heavy atom. The number of carbonyl (C=O) groups is 1. The van der Waals surface area contributed by atoms with Gasteiger partial charge in [-0.15, -0.1) is 0 Å². The third-order valence-electron chi connectivity index (χ3n) is 6.72. The molecule has 9 heteroatoms. The summed E-state index contributed by atoms with van der Waals surface area (Å²) in [5.41, 5.74) is 10.3. The number of amides is 2. The number of fused-ring (bicyclic) bond motifs is 1. The molecule has 1 atom stereocenters. The molecule has 4 N–H and O–H groups in total. The monoisotopic (exact) mass is 517 g/mol. The molecular weight excluding hydrogens is 485 g/mol. The quantitative estimate of drug-likeness (QED) is 0.372. The van der Waals surface area contributed by atoms with Crippen LogP contribution in [0.4, 0.5) is 15.0 Å². The summed E-state index contributed by atoms with van der Waals surface area (Å²) >= 11 is 0. The van der Waals surface area contributed by atoms with Crippen molar-refractivity contribution in [3.05, 3.63) is 99.7 Å². The first-order chi connectivity index (χ1) is 18.0. The number of hydrogen-bond acceptors (Lipinski definition) is 4. The Kier molecular flexibility index (Phi) is 7.50. The SMILES string of the molecule is CC1(C)C[C@@H](O)Cc2cc(F)ccc21.Cc1c(-c2ccc(=O)n(C)c2)nn(-c2ccccc2)c1NC(N)=O. The van der Waals surface area contributed by atoms with Gasteiger partial charge < -0.3 is 15.4 Å². The van der Waals surface area contributed by atoms with Gasteiger partial charge in [0, 0.05) is 30.4 Å². The largest absolute Gasteiger partial charge is 0.393 e. The lowest BCUT2D eigenvalue weighted by atomic mass is 9.72. The second-order valence-electron chi connectivity index (χ2n) is 10.2. The maximum atomic E-state index is 13.0. The highest BCUT2D eigenvalue weighted by Crippen LogP contribution is 2.37. The summed E-state index contributed by atoms with van der Waals surface area (Å²) in [5.74, 6) is 0.284. The fourth-order valence-electron chi connectivity index (χ4n) is 4.94. The Bertz CT molecular complexity index is 1530. The second-order valence-corrected chi connectivity index (χ2v) is 10.2. The van der Waals surface area contributed by atoms with E-state index in [2.05, 4.69) is 24.3 Å². The van der Waals surface area contributed by atoms with Crippen molar-refractivity contribution in [2.75, 3.05) is 5.32 Å². The predicted octanol–water partition coefficient (Wildman–Crippen LogP) is 4.45. The number of nitrogens with zero attached hydrogens (tertiary/aromatic N) is 3. The molecule has 0 unspecified atom stereocenters. The average Bonchev–Trinajstić information content (AvgIpc) is 3.16. The summed E-state index contributed by atoms with van der Waals surface area (Å²) in [4.78, 5) is 23.0. The zero-order chi connectivity index (χ0) is 27.6. The van der Waals surface area contributed by atoms with Gasteiger partial charge in [-0.05, 0) is 66.6 Å². The van der Waals surface area contributed by atoms with E-state index in [0.29, 0.717) is 17.9 Å². The molecule has 0 saturated heterocycles. The van der Waals surface area contributed by atoms with E-state index in [1.54, 1.807) is 30.1 Å². The van der Waals surface area contributed by atoms with E-state index in [9.17, 15) is 19.1 Å². The highest BCUT2D eigenvalue weighted by Gasteiger charge is 2.32. The van der Waals surface area contributed by atoms with Crippen LogP contribution in [0.3, 0.4) is 0 Å². The first-order valence-electron chi connectivity index (χ1n) is 12.3. The Hall–Kier alpha value is -4.24. The number of anilines is 1. The van der Waals surface area contributed by atoms with Gasteiger partial charge in [-0.3, -0.25) is 10.1 Å². The van der Waals surface area contributed by atoms with Gasteiger partial charge in [0.1, 0.15) is 11.6 Å². The highest BCUT2D eigenvalue weighted by atomic mass is 19.1. The number of benzene rings is 2. The molecule has 1 aliphatic rings. The molecule has 1 aliphatic carbocycles. The molecule has 198 valence electrons. The van der Waals surface area contributed by atoms with Crippen molar-refractivity contribution in [3.63, 3.8) is 0 Å². The minimum Gasteiger partial charge on any atom is -0.393 e. The molecule has 2 amide bonds. The Morgan fingerprint density at radius 1 is 1.16 bits per heavy atom. The molecule has 0 bridgehead atoms. The number of halogens is 1. The van der Waals surface area contributed by atoms with E-state index in [0.717, 1.165) is 28.8 Å². The number of hydrogen-bond donors (Lipinski definition) is 3. The molecule has 0 spiro atoms. The molecule has 2 aromatic heterocycles. The predicted molar refractivity (Wildman–Crippen MR) is 146 cm³/mol. The van der Waals surface area contributed by atoms with Gasteiger partial charge in [-0.25, -0.2) is 13.9 Å². The third kappa shape index (κ3) is 5.68. The highest BCUT2D eigenvalue weighted by molar-refractivity contribution is 5.89. The topological polar surface area (TPSA) is 115 Å². The molecule has 0 saturated carbocycles. The summed E-state index contributed by atoms with van der Waals surface area (Å²) in [6, 6.07) is 16.8. The number of aryl methyl sites for hydroxylation is 1. The van der Waals surface area contributed by atoms with Gasteiger partial charge in [-0.2, -0.15) is 5.10 Å². The van der Waals surface area contributed by atoms with Crippen LogP contribution < -0.4 is 16.6 Å². The lowest BCUT2D eigenvalue weighted by Gasteiger charge is -2.35. The van der Waals surface area contributed by atoms with E-state index in [1.807, 2.05) is 43.3 Å². The molecule has 2 heterocycles. The average molecular weight is 518 g/mol. The van der Waals surface area contributed by atoms with Gasteiger partial charge in [-0.1, -0.05) is 38.1 Å². The number of nitrogens with two attached hydrogens (primary N) is 1. The van der Waals surface area contributed by atoms with Crippen molar-refractivity contribution in [2.24, 2.45) is 12.8 Å². The Morgan fingerprint density at radius 3 is 2.53 bits per heavy atom. The lowest BCUT2D eigenvalue weighted by Crippen LogP contribution is -2.32. The zero-order valence-electron chi connectivity index (χ0n) is 21.9. The first kappa shape index (κ1) is 26.8. The normalized spacial score (nSPS) is 15.7. The zero-order valence-corrected chi connectivity index (χ0v) is 21.9. The maximum absolute atomic E-state index is 13.0. The van der Waals surface area contributed by atoms with Gasteiger partial charge in [0.05, 0.1) is 17.5 Å². The van der Waals surface area contributed by atoms with Crippen LogP contribution in [0.5, 0.6) is 0 Å². The van der Waals surface area contributed by atoms with Crippen molar-refractivity contribution < 1.29 is 14.3 Å². The molecule has 5 rings (SSSR count). The number of nitrogens with one attached hydrogen (secondary N) is 1. The van der Waals surface area contributed by atoms with Gasteiger partial charge >= 0.3 is 6.03 Å². The van der Waals surface area contributed by atoms with E-state index >= 15 is 0 Å².